The zero-order valence-corrected chi connectivity index (χ0v) is 17.6. The van der Waals surface area contributed by atoms with Crippen LogP contribution in [0, 0.1) is 37.5 Å². The van der Waals surface area contributed by atoms with E-state index in [1.54, 1.807) is 0 Å². The van der Waals surface area contributed by atoms with E-state index in [1.165, 1.54) is 44.5 Å². The van der Waals surface area contributed by atoms with Gasteiger partial charge < -0.3 is 37.5 Å². The van der Waals surface area contributed by atoms with E-state index in [4.69, 9.17) is 0 Å². The number of allylic oxidation sites excluding steroid dienone is 1. The summed E-state index contributed by atoms with van der Waals surface area (Å²) in [6, 6.07) is 29.9. The van der Waals surface area contributed by atoms with Crippen molar-refractivity contribution in [2.24, 2.45) is 0 Å². The van der Waals surface area contributed by atoms with Crippen LogP contribution in [0.1, 0.15) is 11.1 Å². The predicted octanol–water partition coefficient (Wildman–Crippen LogP) is 7.03. The summed E-state index contributed by atoms with van der Waals surface area (Å²) in [4.78, 5) is 0. The van der Waals surface area contributed by atoms with Crippen molar-refractivity contribution in [2.75, 3.05) is 0 Å². The molecular formula is C28H20Ti-6. The molecule has 4 aromatic carbocycles. The first-order valence-electron chi connectivity index (χ1n) is 9.63. The summed E-state index contributed by atoms with van der Waals surface area (Å²) >= 11 is 0. The Labute approximate surface area is 188 Å². The summed E-state index contributed by atoms with van der Waals surface area (Å²) in [5.41, 5.74) is 2.65. The van der Waals surface area contributed by atoms with Crippen LogP contribution >= 0.6 is 0 Å². The van der Waals surface area contributed by atoms with Gasteiger partial charge in [-0.3, -0.25) is 12.2 Å². The second-order valence-corrected chi connectivity index (χ2v) is 7.02. The van der Waals surface area contributed by atoms with Crippen molar-refractivity contribution in [3.8, 4) is 0 Å². The Bertz CT molecular complexity index is 1090. The van der Waals surface area contributed by atoms with E-state index >= 15 is 0 Å². The molecule has 142 valence electrons. The minimum Gasteiger partial charge on any atom is -0.709 e. The molecule has 1 fully saturated rings. The van der Waals surface area contributed by atoms with Crippen molar-refractivity contribution in [1.82, 2.24) is 0 Å². The second kappa shape index (κ2) is 8.95. The van der Waals surface area contributed by atoms with Gasteiger partial charge in [0.25, 0.3) is 0 Å². The van der Waals surface area contributed by atoms with Gasteiger partial charge in [0.15, 0.2) is 0 Å². The zero-order valence-electron chi connectivity index (χ0n) is 16.0. The average molecular weight is 404 g/mol. The van der Waals surface area contributed by atoms with Crippen molar-refractivity contribution in [2.45, 2.75) is 0 Å². The van der Waals surface area contributed by atoms with E-state index in [0.717, 1.165) is 0 Å². The fraction of sp³-hybridized carbons (Fsp3) is 0. The van der Waals surface area contributed by atoms with Gasteiger partial charge in [-0.05, 0) is 21.5 Å². The van der Waals surface area contributed by atoms with Gasteiger partial charge in [0.05, 0.1) is 0 Å². The molecule has 0 aliphatic heterocycles. The van der Waals surface area contributed by atoms with Gasteiger partial charge in [-0.2, -0.15) is 6.07 Å². The molecule has 0 atom stereocenters. The minimum absolute atomic E-state index is 0. The minimum atomic E-state index is 0. The summed E-state index contributed by atoms with van der Waals surface area (Å²) < 4.78 is 0. The van der Waals surface area contributed by atoms with E-state index in [1.807, 2.05) is 0 Å². The van der Waals surface area contributed by atoms with Gasteiger partial charge >= 0.3 is 0 Å². The Kier molecular flexibility index (Phi) is 6.14. The topological polar surface area (TPSA) is 0 Å². The first kappa shape index (κ1) is 19.9. The molecule has 0 aromatic heterocycles. The second-order valence-electron chi connectivity index (χ2n) is 7.02. The molecule has 1 saturated carbocycles. The molecule has 0 unspecified atom stereocenters. The molecule has 1 heteroatoms. The summed E-state index contributed by atoms with van der Waals surface area (Å²) in [6.07, 6.45) is 12.9. The Hall–Kier alpha value is -2.41. The van der Waals surface area contributed by atoms with Crippen LogP contribution in [0.2, 0.25) is 0 Å². The van der Waals surface area contributed by atoms with Crippen LogP contribution in [0.15, 0.2) is 91.0 Å². The third-order valence-corrected chi connectivity index (χ3v) is 5.31. The first-order valence-corrected chi connectivity index (χ1v) is 9.63. The molecule has 0 heterocycles. The standard InChI is InChI=1S/2C14H10.Ti/c2*1-3-7-13-11(5-1)9-10-12-6-2-4-8-14(12)13;/h2*1-10H;/q;-6;. The molecule has 0 radical (unpaired) electrons. The maximum absolute atomic E-state index is 2.18. The van der Waals surface area contributed by atoms with Crippen LogP contribution in [0.3, 0.4) is 0 Å². The summed E-state index contributed by atoms with van der Waals surface area (Å²) in [5.74, 6) is 2.65. The first-order chi connectivity index (χ1) is 13.9. The Morgan fingerprint density at radius 2 is 1.17 bits per heavy atom. The molecule has 0 nitrogen and oxygen atoms in total. The van der Waals surface area contributed by atoms with Crippen LogP contribution in [-0.2, 0) is 21.7 Å². The van der Waals surface area contributed by atoms with E-state index < -0.39 is 0 Å². The molecular weight excluding hydrogens is 384 g/mol. The van der Waals surface area contributed by atoms with E-state index in [-0.39, 0.29) is 21.7 Å². The molecule has 2 aliphatic rings. The van der Waals surface area contributed by atoms with Crippen molar-refractivity contribution in [3.05, 3.63) is 140 Å². The summed E-state index contributed by atoms with van der Waals surface area (Å²) in [5, 5.41) is 5.30. The monoisotopic (exact) mass is 404 g/mol. The number of benzene rings is 4. The normalized spacial score (nSPS) is 14.5. The SMILES string of the molecule is C1=C[C-]2[CH-][CH-][CH-][CH-][C-]2c2ccccc21.[Ti].c1ccc2c(c1)ccc1ccccc12. The predicted molar refractivity (Wildman–Crippen MR) is 120 cm³/mol. The smallest absolute Gasteiger partial charge is 0 e. The van der Waals surface area contributed by atoms with E-state index in [2.05, 4.69) is 123 Å². The molecule has 6 rings (SSSR count). The van der Waals surface area contributed by atoms with Crippen LogP contribution in [-0.4, -0.2) is 0 Å². The number of fused-ring (bicyclic) bond motifs is 6. The van der Waals surface area contributed by atoms with Gasteiger partial charge in [-0.15, -0.1) is 12.1 Å². The van der Waals surface area contributed by atoms with Crippen LogP contribution in [0.25, 0.3) is 27.6 Å². The van der Waals surface area contributed by atoms with Crippen LogP contribution < -0.4 is 0 Å². The number of hydrogen-bond donors (Lipinski definition) is 0. The average Bonchev–Trinajstić information content (AvgIpc) is 2.79. The maximum Gasteiger partial charge on any atom is 0 e. The van der Waals surface area contributed by atoms with E-state index in [9.17, 15) is 0 Å². The van der Waals surface area contributed by atoms with Gasteiger partial charge in [-0.25, -0.2) is 11.1 Å². The third kappa shape index (κ3) is 4.01. The quantitative estimate of drug-likeness (QED) is 0.168. The van der Waals surface area contributed by atoms with Gasteiger partial charge in [0.1, 0.15) is 0 Å². The molecule has 0 N–H and O–H groups in total. The molecule has 4 aromatic rings. The van der Waals surface area contributed by atoms with Crippen molar-refractivity contribution in [3.63, 3.8) is 0 Å². The van der Waals surface area contributed by atoms with Gasteiger partial charge in [0, 0.05) is 21.7 Å². The number of rotatable bonds is 0. The van der Waals surface area contributed by atoms with Crippen LogP contribution in [0.4, 0.5) is 0 Å². The summed E-state index contributed by atoms with van der Waals surface area (Å²) in [6.45, 7) is 0. The van der Waals surface area contributed by atoms with Gasteiger partial charge in [-0.1, -0.05) is 66.7 Å². The van der Waals surface area contributed by atoms with Crippen LogP contribution in [0.5, 0.6) is 0 Å². The molecule has 0 amide bonds. The molecule has 0 bridgehead atoms. The fourth-order valence-electron chi connectivity index (χ4n) is 3.91. The Morgan fingerprint density at radius 3 is 1.90 bits per heavy atom. The largest absolute Gasteiger partial charge is 0.709 e. The number of hydrogen-bond acceptors (Lipinski definition) is 0. The maximum atomic E-state index is 2.18. The summed E-state index contributed by atoms with van der Waals surface area (Å²) in [7, 11) is 0. The van der Waals surface area contributed by atoms with Gasteiger partial charge in [0.2, 0.25) is 0 Å². The third-order valence-electron chi connectivity index (χ3n) is 5.31. The molecule has 29 heavy (non-hydrogen) atoms. The van der Waals surface area contributed by atoms with Crippen molar-refractivity contribution >= 4 is 27.6 Å². The fourth-order valence-corrected chi connectivity index (χ4v) is 3.91. The molecule has 0 spiro atoms. The Balaban J connectivity index is 0.000000137. The van der Waals surface area contributed by atoms with E-state index in [0.29, 0.717) is 0 Å². The molecule has 2 aliphatic carbocycles. The van der Waals surface area contributed by atoms with Crippen molar-refractivity contribution in [1.29, 1.82) is 0 Å². The Morgan fingerprint density at radius 1 is 0.586 bits per heavy atom. The molecule has 0 saturated heterocycles. The zero-order chi connectivity index (χ0) is 18.8. The van der Waals surface area contributed by atoms with Crippen molar-refractivity contribution < 1.29 is 21.7 Å².